The fraction of sp³-hybridized carbons (Fsp3) is 0.200. The van der Waals surface area contributed by atoms with E-state index in [9.17, 15) is 18.3 Å². The van der Waals surface area contributed by atoms with Gasteiger partial charge in [-0.25, -0.2) is 13.2 Å². The summed E-state index contributed by atoms with van der Waals surface area (Å²) in [6.07, 6.45) is -1.28. The number of aliphatic hydroxyl groups is 1. The topological polar surface area (TPSA) is 20.2 Å². The minimum Gasteiger partial charge on any atom is -0.388 e. The zero-order chi connectivity index (χ0) is 14.0. The van der Waals surface area contributed by atoms with Crippen LogP contribution in [0.15, 0.2) is 36.4 Å². The molecule has 1 atom stereocenters. The minimum atomic E-state index is -1.30. The first kappa shape index (κ1) is 13.6. The summed E-state index contributed by atoms with van der Waals surface area (Å²) >= 11 is 0. The Morgan fingerprint density at radius 3 is 2.26 bits per heavy atom. The van der Waals surface area contributed by atoms with Crippen LogP contribution in [0.4, 0.5) is 13.2 Å². The van der Waals surface area contributed by atoms with E-state index in [2.05, 4.69) is 0 Å². The van der Waals surface area contributed by atoms with E-state index in [4.69, 9.17) is 0 Å². The van der Waals surface area contributed by atoms with E-state index < -0.39 is 23.6 Å². The number of halogens is 3. The molecule has 2 aromatic carbocycles. The summed E-state index contributed by atoms with van der Waals surface area (Å²) in [5.41, 5.74) is 0.535. The summed E-state index contributed by atoms with van der Waals surface area (Å²) in [4.78, 5) is 0. The molecule has 1 N–H and O–H groups in total. The summed E-state index contributed by atoms with van der Waals surface area (Å²) in [7, 11) is 0. The van der Waals surface area contributed by atoms with Crippen molar-refractivity contribution in [2.45, 2.75) is 19.4 Å². The van der Waals surface area contributed by atoms with Gasteiger partial charge in [0.05, 0.1) is 11.7 Å². The standard InChI is InChI=1S/C15H13F3O/c1-9-2-7-12(17)14(15(9)18)13(19)8-10-3-5-11(16)6-4-10/h2-7,13,19H,8H2,1H3. The maximum absolute atomic E-state index is 13.8. The van der Waals surface area contributed by atoms with Crippen LogP contribution in [-0.2, 0) is 6.42 Å². The van der Waals surface area contributed by atoms with Crippen LogP contribution in [0.5, 0.6) is 0 Å². The van der Waals surface area contributed by atoms with Crippen molar-refractivity contribution in [3.63, 3.8) is 0 Å². The molecule has 2 rings (SSSR count). The van der Waals surface area contributed by atoms with Crippen LogP contribution in [-0.4, -0.2) is 5.11 Å². The Balaban J connectivity index is 2.27. The quantitative estimate of drug-likeness (QED) is 0.898. The third kappa shape index (κ3) is 2.96. The molecule has 0 amide bonds. The predicted octanol–water partition coefficient (Wildman–Crippen LogP) is 3.69. The molecule has 1 nitrogen and oxygen atoms in total. The second kappa shape index (κ2) is 5.45. The molecule has 0 aliphatic heterocycles. The molecule has 0 heterocycles. The third-order valence-electron chi connectivity index (χ3n) is 3.00. The smallest absolute Gasteiger partial charge is 0.134 e. The Morgan fingerprint density at radius 2 is 1.63 bits per heavy atom. The average Bonchev–Trinajstić information content (AvgIpc) is 2.37. The van der Waals surface area contributed by atoms with Crippen molar-refractivity contribution in [3.05, 3.63) is 70.5 Å². The molecule has 0 bridgehead atoms. The number of hydrogen-bond acceptors (Lipinski definition) is 1. The molecule has 0 aliphatic carbocycles. The van der Waals surface area contributed by atoms with E-state index in [1.807, 2.05) is 0 Å². The van der Waals surface area contributed by atoms with Crippen molar-refractivity contribution in [2.24, 2.45) is 0 Å². The van der Waals surface area contributed by atoms with Crippen LogP contribution in [0.25, 0.3) is 0 Å². The lowest BCUT2D eigenvalue weighted by atomic mass is 9.99. The van der Waals surface area contributed by atoms with Gasteiger partial charge in [0.25, 0.3) is 0 Å². The largest absolute Gasteiger partial charge is 0.388 e. The second-order valence-electron chi connectivity index (χ2n) is 4.44. The van der Waals surface area contributed by atoms with Gasteiger partial charge in [0, 0.05) is 6.42 Å². The molecule has 0 spiro atoms. The summed E-state index contributed by atoms with van der Waals surface area (Å²) in [6, 6.07) is 7.88. The highest BCUT2D eigenvalue weighted by Crippen LogP contribution is 2.26. The maximum atomic E-state index is 13.8. The highest BCUT2D eigenvalue weighted by Gasteiger charge is 2.19. The molecule has 4 heteroatoms. The van der Waals surface area contributed by atoms with Crippen molar-refractivity contribution in [2.75, 3.05) is 0 Å². The maximum Gasteiger partial charge on any atom is 0.134 e. The Kier molecular flexibility index (Phi) is 3.90. The lowest BCUT2D eigenvalue weighted by Crippen LogP contribution is -2.08. The molecule has 2 aromatic rings. The fourth-order valence-corrected chi connectivity index (χ4v) is 1.93. The third-order valence-corrected chi connectivity index (χ3v) is 3.00. The van der Waals surface area contributed by atoms with Crippen molar-refractivity contribution in [1.82, 2.24) is 0 Å². The van der Waals surface area contributed by atoms with Gasteiger partial charge in [0.2, 0.25) is 0 Å². The minimum absolute atomic E-state index is 0.0254. The molecular formula is C15H13F3O. The molecule has 19 heavy (non-hydrogen) atoms. The van der Waals surface area contributed by atoms with E-state index in [0.29, 0.717) is 5.56 Å². The summed E-state index contributed by atoms with van der Waals surface area (Å²) < 4.78 is 40.2. The lowest BCUT2D eigenvalue weighted by Gasteiger charge is -2.14. The first-order chi connectivity index (χ1) is 8.99. The number of aryl methyl sites for hydroxylation is 1. The van der Waals surface area contributed by atoms with Gasteiger partial charge in [-0.1, -0.05) is 18.2 Å². The zero-order valence-corrected chi connectivity index (χ0v) is 10.3. The molecule has 1 unspecified atom stereocenters. The highest BCUT2D eigenvalue weighted by atomic mass is 19.1. The number of aliphatic hydroxyl groups excluding tert-OH is 1. The van der Waals surface area contributed by atoms with Gasteiger partial charge in [-0.2, -0.15) is 0 Å². The van der Waals surface area contributed by atoms with Gasteiger partial charge < -0.3 is 5.11 Å². The van der Waals surface area contributed by atoms with Crippen molar-refractivity contribution < 1.29 is 18.3 Å². The van der Waals surface area contributed by atoms with Crippen LogP contribution >= 0.6 is 0 Å². The predicted molar refractivity (Wildman–Crippen MR) is 66.2 cm³/mol. The van der Waals surface area contributed by atoms with Crippen LogP contribution < -0.4 is 0 Å². The Labute approximate surface area is 109 Å². The normalized spacial score (nSPS) is 12.5. The zero-order valence-electron chi connectivity index (χ0n) is 10.3. The van der Waals surface area contributed by atoms with E-state index in [0.717, 1.165) is 6.07 Å². The monoisotopic (exact) mass is 266 g/mol. The van der Waals surface area contributed by atoms with Gasteiger partial charge in [0.15, 0.2) is 0 Å². The number of rotatable bonds is 3. The van der Waals surface area contributed by atoms with Gasteiger partial charge in [-0.3, -0.25) is 0 Å². The number of hydrogen-bond donors (Lipinski definition) is 1. The first-order valence-electron chi connectivity index (χ1n) is 5.86. The van der Waals surface area contributed by atoms with Crippen LogP contribution in [0, 0.1) is 24.4 Å². The van der Waals surface area contributed by atoms with E-state index in [-0.39, 0.29) is 17.5 Å². The van der Waals surface area contributed by atoms with E-state index in [1.54, 1.807) is 0 Å². The average molecular weight is 266 g/mol. The number of benzene rings is 2. The molecular weight excluding hydrogens is 253 g/mol. The fourth-order valence-electron chi connectivity index (χ4n) is 1.93. The molecule has 0 saturated carbocycles. The van der Waals surface area contributed by atoms with Crippen molar-refractivity contribution >= 4 is 0 Å². The van der Waals surface area contributed by atoms with Gasteiger partial charge in [-0.15, -0.1) is 0 Å². The first-order valence-corrected chi connectivity index (χ1v) is 5.86. The molecule has 0 fully saturated rings. The summed E-state index contributed by atoms with van der Waals surface area (Å²) in [5, 5.41) is 9.96. The van der Waals surface area contributed by atoms with Crippen LogP contribution in [0.2, 0.25) is 0 Å². The SMILES string of the molecule is Cc1ccc(F)c(C(O)Cc2ccc(F)cc2)c1F. The van der Waals surface area contributed by atoms with Crippen LogP contribution in [0.1, 0.15) is 22.8 Å². The lowest BCUT2D eigenvalue weighted by molar-refractivity contribution is 0.168. The summed E-state index contributed by atoms with van der Waals surface area (Å²) in [5.74, 6) is -1.92. The van der Waals surface area contributed by atoms with Gasteiger partial charge in [0.1, 0.15) is 17.5 Å². The molecule has 0 radical (unpaired) electrons. The molecule has 0 saturated heterocycles. The van der Waals surface area contributed by atoms with Crippen molar-refractivity contribution in [3.8, 4) is 0 Å². The Morgan fingerprint density at radius 1 is 1.00 bits per heavy atom. The highest BCUT2D eigenvalue weighted by molar-refractivity contribution is 5.30. The Bertz CT molecular complexity index is 579. The van der Waals surface area contributed by atoms with Gasteiger partial charge in [-0.05, 0) is 36.2 Å². The van der Waals surface area contributed by atoms with Crippen molar-refractivity contribution in [1.29, 1.82) is 0 Å². The Hall–Kier alpha value is -1.81. The van der Waals surface area contributed by atoms with E-state index in [1.165, 1.54) is 37.3 Å². The van der Waals surface area contributed by atoms with E-state index >= 15 is 0 Å². The molecule has 0 aliphatic rings. The van der Waals surface area contributed by atoms with Crippen LogP contribution in [0.3, 0.4) is 0 Å². The van der Waals surface area contributed by atoms with Gasteiger partial charge >= 0.3 is 0 Å². The molecule has 100 valence electrons. The summed E-state index contributed by atoms with van der Waals surface area (Å²) in [6.45, 7) is 1.50. The molecule has 0 aromatic heterocycles. The second-order valence-corrected chi connectivity index (χ2v) is 4.44.